The summed E-state index contributed by atoms with van der Waals surface area (Å²) in [6.07, 6.45) is 6.07. The fraction of sp³-hybridized carbons (Fsp3) is 0.333. The molecule has 2 fully saturated rings. The van der Waals surface area contributed by atoms with Gasteiger partial charge in [-0.3, -0.25) is 0 Å². The summed E-state index contributed by atoms with van der Waals surface area (Å²) in [6, 6.07) is 38.2. The molecule has 0 aromatic heterocycles. The van der Waals surface area contributed by atoms with E-state index < -0.39 is 6.15 Å². The lowest BCUT2D eigenvalue weighted by Gasteiger charge is -2.45. The number of rotatable bonds is 4. The molecule has 0 saturated carbocycles. The van der Waals surface area contributed by atoms with E-state index in [0.29, 0.717) is 0 Å². The smallest absolute Gasteiger partial charge is 0.108 e. The summed E-state index contributed by atoms with van der Waals surface area (Å²) in [5.41, 5.74) is 10.6. The summed E-state index contributed by atoms with van der Waals surface area (Å²) in [4.78, 5) is 2.59. The first-order valence-corrected chi connectivity index (χ1v) is 14.5. The normalized spacial score (nSPS) is 19.1. The molecule has 2 aliphatic rings. The van der Waals surface area contributed by atoms with Gasteiger partial charge in [0, 0.05) is 12.1 Å². The average molecular weight is 501 g/mol. The summed E-state index contributed by atoms with van der Waals surface area (Å²) in [7, 11) is 2.29. The molecule has 0 N–H and O–H groups in total. The Morgan fingerprint density at radius 2 is 0.816 bits per heavy atom. The molecule has 0 radical (unpaired) electrons. The fourth-order valence-corrected chi connectivity index (χ4v) is 7.29. The van der Waals surface area contributed by atoms with Gasteiger partial charge >= 0.3 is 0 Å². The van der Waals surface area contributed by atoms with Gasteiger partial charge in [-0.05, 0) is 60.4 Å². The molecule has 2 atom stereocenters. The fourth-order valence-electron chi connectivity index (χ4n) is 7.29. The maximum atomic E-state index is 2.59. The summed E-state index contributed by atoms with van der Waals surface area (Å²) < 4.78 is 0. The van der Waals surface area contributed by atoms with Gasteiger partial charge in [0.25, 0.3) is 0 Å². The van der Waals surface area contributed by atoms with Crippen LogP contribution in [0, 0.1) is 27.7 Å². The van der Waals surface area contributed by atoms with Crippen LogP contribution in [0.4, 0.5) is 0 Å². The summed E-state index contributed by atoms with van der Waals surface area (Å²) in [6.45, 7) is 8.75. The van der Waals surface area contributed by atoms with E-state index in [9.17, 15) is 0 Å². The van der Waals surface area contributed by atoms with Gasteiger partial charge in [0.1, 0.15) is 6.15 Å². The summed E-state index contributed by atoms with van der Waals surface area (Å²) in [5, 5.41) is 0. The van der Waals surface area contributed by atoms with E-state index in [0.717, 1.165) is 12.1 Å². The Morgan fingerprint density at radius 1 is 0.500 bits per heavy atom. The first kappa shape index (κ1) is 26.5. The number of piperidine rings is 1. The number of fused-ring (bicyclic) bond motifs is 2. The van der Waals surface area contributed by atoms with E-state index in [4.69, 9.17) is 0 Å². The minimum absolute atomic E-state index is 0.962. The van der Waals surface area contributed by atoms with Crippen LogP contribution < -0.4 is 21.9 Å². The Hall–Kier alpha value is -3.10. The Kier molecular flexibility index (Phi) is 7.91. The molecular formula is C36H43BN-. The SMILES string of the molecule is CN1[C@@H]2CCC[C@H]1CC2.Cc1cccc([B-](c2cccc(C)c2)(c2cccc(C)c2)c2cccc(C)c2)c1. The molecule has 38 heavy (non-hydrogen) atoms. The van der Waals surface area contributed by atoms with Crippen molar-refractivity contribution >= 4 is 28.0 Å². The van der Waals surface area contributed by atoms with E-state index in [1.165, 1.54) is 76.2 Å². The van der Waals surface area contributed by atoms with Crippen LogP contribution in [0.2, 0.25) is 0 Å². The maximum Gasteiger partial charge on any atom is 0.108 e. The molecule has 196 valence electrons. The van der Waals surface area contributed by atoms with E-state index in [1.54, 1.807) is 0 Å². The molecule has 4 aromatic carbocycles. The zero-order valence-electron chi connectivity index (χ0n) is 24.0. The van der Waals surface area contributed by atoms with Crippen molar-refractivity contribution < 1.29 is 0 Å². The van der Waals surface area contributed by atoms with Crippen LogP contribution in [-0.2, 0) is 0 Å². The zero-order chi connectivity index (χ0) is 26.7. The van der Waals surface area contributed by atoms with Crippen LogP contribution >= 0.6 is 0 Å². The average Bonchev–Trinajstić information content (AvgIpc) is 3.09. The predicted molar refractivity (Wildman–Crippen MR) is 167 cm³/mol. The second-order valence-corrected chi connectivity index (χ2v) is 12.0. The van der Waals surface area contributed by atoms with Crippen LogP contribution in [0.25, 0.3) is 0 Å². The highest BCUT2D eigenvalue weighted by atomic mass is 15.2. The number of aryl methyl sites for hydroxylation is 4. The lowest BCUT2D eigenvalue weighted by molar-refractivity contribution is 0.179. The molecule has 0 aliphatic carbocycles. The van der Waals surface area contributed by atoms with Gasteiger partial charge in [0.2, 0.25) is 0 Å². The minimum Gasteiger partial charge on any atom is -0.300 e. The first-order valence-electron chi connectivity index (χ1n) is 14.5. The van der Waals surface area contributed by atoms with Crippen molar-refractivity contribution in [1.29, 1.82) is 0 Å². The van der Waals surface area contributed by atoms with Crippen LogP contribution in [0.15, 0.2) is 97.1 Å². The molecule has 2 aliphatic heterocycles. The molecule has 4 aromatic rings. The number of nitrogens with zero attached hydrogens (tertiary/aromatic N) is 1. The van der Waals surface area contributed by atoms with Crippen LogP contribution in [-0.4, -0.2) is 30.2 Å². The molecule has 0 amide bonds. The second-order valence-electron chi connectivity index (χ2n) is 12.0. The molecule has 0 unspecified atom stereocenters. The highest BCUT2D eigenvalue weighted by molar-refractivity contribution is 7.19. The Bertz CT molecular complexity index is 1190. The molecule has 2 heterocycles. The number of benzene rings is 4. The van der Waals surface area contributed by atoms with Gasteiger partial charge in [-0.25, -0.2) is 0 Å². The largest absolute Gasteiger partial charge is 0.300 e. The van der Waals surface area contributed by atoms with Crippen molar-refractivity contribution in [3.63, 3.8) is 0 Å². The van der Waals surface area contributed by atoms with Gasteiger partial charge < -0.3 is 4.90 Å². The third-order valence-corrected chi connectivity index (χ3v) is 9.23. The third-order valence-electron chi connectivity index (χ3n) is 9.23. The predicted octanol–water partition coefficient (Wildman–Crippen LogP) is 5.93. The third kappa shape index (κ3) is 5.25. The topological polar surface area (TPSA) is 3.24 Å². The lowest BCUT2D eigenvalue weighted by atomic mass is 9.13. The molecule has 1 nitrogen and oxygen atoms in total. The van der Waals surface area contributed by atoms with Crippen molar-refractivity contribution in [2.45, 2.75) is 71.9 Å². The van der Waals surface area contributed by atoms with E-state index in [1.807, 2.05) is 0 Å². The molecule has 2 heteroatoms. The Balaban J connectivity index is 0.000000273. The summed E-state index contributed by atoms with van der Waals surface area (Å²) >= 11 is 0. The Morgan fingerprint density at radius 3 is 1.08 bits per heavy atom. The quantitative estimate of drug-likeness (QED) is 0.314. The van der Waals surface area contributed by atoms with Crippen molar-refractivity contribution in [2.24, 2.45) is 0 Å². The van der Waals surface area contributed by atoms with Crippen molar-refractivity contribution in [2.75, 3.05) is 7.05 Å². The van der Waals surface area contributed by atoms with Gasteiger partial charge in [-0.2, -0.15) is 21.9 Å². The molecule has 6 rings (SSSR count). The van der Waals surface area contributed by atoms with Crippen LogP contribution in [0.3, 0.4) is 0 Å². The van der Waals surface area contributed by atoms with Crippen LogP contribution in [0.5, 0.6) is 0 Å². The number of hydrogen-bond donors (Lipinski definition) is 0. The van der Waals surface area contributed by atoms with E-state index >= 15 is 0 Å². The van der Waals surface area contributed by atoms with Gasteiger partial charge in [0.15, 0.2) is 0 Å². The standard InChI is InChI=1S/C28H28B.C8H15N/c1-21-9-5-13-25(17-21)29(26-14-6-10-22(2)18-26,27-15-7-11-23(3)19-27)28-16-8-12-24(4)20-28;1-9-7-3-2-4-8(9)6-5-7/h5-20H,1-4H3;7-8H,2-6H2,1H3/q-1;/t;7-,8+. The highest BCUT2D eigenvalue weighted by Crippen LogP contribution is 2.33. The van der Waals surface area contributed by atoms with Crippen molar-refractivity contribution in [3.8, 4) is 0 Å². The molecule has 2 saturated heterocycles. The summed E-state index contributed by atoms with van der Waals surface area (Å²) in [5.74, 6) is 0. The second kappa shape index (κ2) is 11.3. The van der Waals surface area contributed by atoms with Gasteiger partial charge in [-0.1, -0.05) is 126 Å². The first-order chi connectivity index (χ1) is 18.4. The monoisotopic (exact) mass is 500 g/mol. The minimum atomic E-state index is -1.29. The molecule has 0 spiro atoms. The molecular weight excluding hydrogens is 457 g/mol. The lowest BCUT2D eigenvalue weighted by Crippen LogP contribution is -2.75. The van der Waals surface area contributed by atoms with E-state index in [-0.39, 0.29) is 0 Å². The molecule has 2 bridgehead atoms. The number of hydrogen-bond acceptors (Lipinski definition) is 1. The van der Waals surface area contributed by atoms with Gasteiger partial charge in [0.05, 0.1) is 0 Å². The van der Waals surface area contributed by atoms with Crippen LogP contribution in [0.1, 0.15) is 54.4 Å². The van der Waals surface area contributed by atoms with E-state index in [2.05, 4.69) is 137 Å². The van der Waals surface area contributed by atoms with Crippen molar-refractivity contribution in [3.05, 3.63) is 119 Å². The highest BCUT2D eigenvalue weighted by Gasteiger charge is 2.33. The zero-order valence-corrected chi connectivity index (χ0v) is 24.0. The Labute approximate surface area is 230 Å². The van der Waals surface area contributed by atoms with Gasteiger partial charge in [-0.15, -0.1) is 0 Å². The van der Waals surface area contributed by atoms with Crippen molar-refractivity contribution in [1.82, 2.24) is 4.90 Å². The maximum absolute atomic E-state index is 2.59.